The summed E-state index contributed by atoms with van der Waals surface area (Å²) in [6.07, 6.45) is 13.5. The number of aliphatic hydroxyl groups excluding tert-OH is 1. The molecule has 3 N–H and O–H groups in total. The van der Waals surface area contributed by atoms with Gasteiger partial charge < -0.3 is 34.8 Å². The number of hydrogen-bond acceptors (Lipinski definition) is 10. The maximum absolute atomic E-state index is 16.2. The van der Waals surface area contributed by atoms with Crippen LogP contribution in [0.4, 0.5) is 14.6 Å². The molecule has 0 radical (unpaired) electrons. The number of nitrogens with zero attached hydrogens (tertiary/aromatic N) is 5. The minimum absolute atomic E-state index is 0.0127. The highest BCUT2D eigenvalue weighted by molar-refractivity contribution is 6.03. The second-order valence-corrected chi connectivity index (χ2v) is 12.1. The molecule has 1 unspecified atom stereocenters. The topological polar surface area (TPSA) is 116 Å². The number of nitrogens with one attached hydrogen (secondary N) is 1. The highest BCUT2D eigenvalue weighted by Crippen LogP contribution is 2.38. The predicted octanol–water partition coefficient (Wildman–Crippen LogP) is 5.27. The van der Waals surface area contributed by atoms with Gasteiger partial charge in [0.25, 0.3) is 0 Å². The number of benzene rings is 2. The molecule has 3 saturated heterocycles. The molecule has 2 aromatic heterocycles. The monoisotopic (exact) mass is 676 g/mol. The maximum atomic E-state index is 16.2. The highest BCUT2D eigenvalue weighted by atomic mass is 19.1. The van der Waals surface area contributed by atoms with Crippen LogP contribution in [0.1, 0.15) is 51.5 Å². The normalized spacial score (nSPS) is 17.7. The van der Waals surface area contributed by atoms with Gasteiger partial charge in [0, 0.05) is 62.1 Å². The lowest BCUT2D eigenvalue weighted by molar-refractivity contribution is 0.0956. The van der Waals surface area contributed by atoms with Gasteiger partial charge in [-0.25, -0.2) is 8.78 Å². The Labute approximate surface area is 286 Å². The van der Waals surface area contributed by atoms with E-state index >= 15 is 4.39 Å². The molecule has 0 bridgehead atoms. The highest BCUT2D eigenvalue weighted by Gasteiger charge is 2.28. The third-order valence-electron chi connectivity index (χ3n) is 9.08. The Morgan fingerprint density at radius 1 is 1.10 bits per heavy atom. The average Bonchev–Trinajstić information content (AvgIpc) is 3.78. The van der Waals surface area contributed by atoms with Crippen molar-refractivity contribution in [3.63, 3.8) is 0 Å². The number of fused-ring (bicyclic) bond motifs is 3. The number of aromatic hydroxyl groups is 1. The number of pyridine rings is 1. The van der Waals surface area contributed by atoms with E-state index in [2.05, 4.69) is 31.1 Å². The second-order valence-electron chi connectivity index (χ2n) is 12.1. The fourth-order valence-electron chi connectivity index (χ4n) is 6.86. The van der Waals surface area contributed by atoms with Crippen LogP contribution in [0, 0.1) is 24.0 Å². The van der Waals surface area contributed by atoms with Crippen LogP contribution >= 0.6 is 0 Å². The van der Waals surface area contributed by atoms with E-state index in [4.69, 9.17) is 21.0 Å². The first-order valence-corrected chi connectivity index (χ1v) is 17.1. The predicted molar refractivity (Wildman–Crippen MR) is 188 cm³/mol. The molecule has 262 valence electrons. The number of terminal acetylenes is 1. The summed E-state index contributed by atoms with van der Waals surface area (Å²) in [6.45, 7) is 9.50. The zero-order chi connectivity index (χ0) is 34.9. The lowest BCUT2D eigenvalue weighted by atomic mass is 9.96. The molecule has 10 nitrogen and oxygen atoms in total. The van der Waals surface area contributed by atoms with E-state index < -0.39 is 11.6 Å². The molecule has 0 spiro atoms. The summed E-state index contributed by atoms with van der Waals surface area (Å²) in [5.74, 6) is 1.21. The number of piperazine rings is 1. The van der Waals surface area contributed by atoms with Gasteiger partial charge in [-0.15, -0.1) is 6.42 Å². The van der Waals surface area contributed by atoms with Crippen LogP contribution in [-0.4, -0.2) is 102 Å². The summed E-state index contributed by atoms with van der Waals surface area (Å²) in [6, 6.07) is 6.36. The van der Waals surface area contributed by atoms with Gasteiger partial charge in [0.05, 0.1) is 24.7 Å². The first kappa shape index (κ1) is 36.1. The van der Waals surface area contributed by atoms with Crippen molar-refractivity contribution in [3.05, 3.63) is 47.7 Å². The molecule has 1 atom stereocenters. The quantitative estimate of drug-likeness (QED) is 0.169. The summed E-state index contributed by atoms with van der Waals surface area (Å²) >= 11 is 0. The van der Waals surface area contributed by atoms with Crippen molar-refractivity contribution < 1.29 is 28.5 Å². The minimum atomic E-state index is -0.785. The lowest BCUT2D eigenvalue weighted by Crippen LogP contribution is -2.53. The van der Waals surface area contributed by atoms with E-state index in [9.17, 15) is 9.50 Å². The first-order valence-electron chi connectivity index (χ1n) is 17.1. The van der Waals surface area contributed by atoms with Crippen molar-refractivity contribution in [3.8, 4) is 35.4 Å². The third-order valence-corrected chi connectivity index (χ3v) is 9.08. The van der Waals surface area contributed by atoms with Crippen molar-refractivity contribution >= 4 is 27.5 Å². The Bertz CT molecular complexity index is 1760. The van der Waals surface area contributed by atoms with Crippen molar-refractivity contribution in [1.82, 2.24) is 25.2 Å². The first-order chi connectivity index (χ1) is 23.9. The van der Waals surface area contributed by atoms with Gasteiger partial charge in [-0.2, -0.15) is 9.97 Å². The molecule has 0 saturated carbocycles. The van der Waals surface area contributed by atoms with Crippen molar-refractivity contribution in [2.45, 2.75) is 58.0 Å². The number of rotatable bonds is 8. The lowest BCUT2D eigenvalue weighted by Gasteiger charge is -2.34. The van der Waals surface area contributed by atoms with Crippen molar-refractivity contribution in [2.75, 3.05) is 64.6 Å². The number of halogens is 2. The van der Waals surface area contributed by atoms with E-state index in [1.54, 1.807) is 0 Å². The van der Waals surface area contributed by atoms with Crippen LogP contribution in [0.15, 0.2) is 30.5 Å². The van der Waals surface area contributed by atoms with Gasteiger partial charge in [-0.1, -0.05) is 25.8 Å². The Kier molecular flexibility index (Phi) is 12.5. The number of aliphatic hydroxyl groups is 1. The van der Waals surface area contributed by atoms with E-state index in [0.717, 1.165) is 6.04 Å². The largest absolute Gasteiger partial charge is 0.508 e. The van der Waals surface area contributed by atoms with Crippen LogP contribution < -0.4 is 15.0 Å². The molecule has 4 aromatic rings. The number of aromatic nitrogens is 3. The third kappa shape index (κ3) is 8.02. The van der Waals surface area contributed by atoms with Gasteiger partial charge in [0.2, 0.25) is 0 Å². The Balaban J connectivity index is 0.000000401. The molecule has 0 amide bonds. The zero-order valence-electron chi connectivity index (χ0n) is 28.5. The Hall–Kier alpha value is -4.15. The van der Waals surface area contributed by atoms with Crippen LogP contribution in [0.5, 0.6) is 11.8 Å². The summed E-state index contributed by atoms with van der Waals surface area (Å²) in [5, 5.41) is 23.8. The number of hydrogen-bond donors (Lipinski definition) is 3. The number of phenolic OH excluding ortho intramolecular Hbond substituents is 1. The van der Waals surface area contributed by atoms with E-state index in [1.165, 1.54) is 76.3 Å². The van der Waals surface area contributed by atoms with Gasteiger partial charge in [0.15, 0.2) is 5.82 Å². The molecule has 3 aliphatic heterocycles. The zero-order valence-corrected chi connectivity index (χ0v) is 28.5. The van der Waals surface area contributed by atoms with Crippen LogP contribution in [-0.2, 0) is 4.74 Å². The van der Waals surface area contributed by atoms with Gasteiger partial charge in [-0.05, 0) is 68.8 Å². The SMILES string of the molecule is C#Cc1c(F)ccc2cc(O)cc(-c3ncc4c(N5CCNC(COCCCO)C5)nc(OC)nc4c3F)c12.C1CC2CCCN2C1.CC. The fourth-order valence-corrected chi connectivity index (χ4v) is 6.86. The number of anilines is 1. The maximum Gasteiger partial charge on any atom is 0.318 e. The summed E-state index contributed by atoms with van der Waals surface area (Å²) in [4.78, 5) is 17.8. The summed E-state index contributed by atoms with van der Waals surface area (Å²) < 4.78 is 41.8. The fraction of sp³-hybridized carbons (Fsp3) is 0.486. The Morgan fingerprint density at radius 3 is 2.57 bits per heavy atom. The second kappa shape index (κ2) is 17.0. The molecule has 49 heavy (non-hydrogen) atoms. The van der Waals surface area contributed by atoms with Crippen molar-refractivity contribution in [1.29, 1.82) is 0 Å². The molecule has 0 aliphatic carbocycles. The molecule has 2 aromatic carbocycles. The molecular formula is C37H46F2N6O4. The molecule has 3 aliphatic rings. The van der Waals surface area contributed by atoms with Gasteiger partial charge in [0.1, 0.15) is 28.6 Å². The smallest absolute Gasteiger partial charge is 0.318 e. The average molecular weight is 677 g/mol. The number of phenols is 1. The summed E-state index contributed by atoms with van der Waals surface area (Å²) in [5.41, 5.74) is -0.102. The van der Waals surface area contributed by atoms with Gasteiger partial charge >= 0.3 is 6.01 Å². The molecular weight excluding hydrogens is 630 g/mol. The minimum Gasteiger partial charge on any atom is -0.508 e. The Morgan fingerprint density at radius 2 is 1.88 bits per heavy atom. The molecule has 3 fully saturated rings. The van der Waals surface area contributed by atoms with Crippen LogP contribution in [0.3, 0.4) is 0 Å². The van der Waals surface area contributed by atoms with Crippen LogP contribution in [0.25, 0.3) is 32.9 Å². The van der Waals surface area contributed by atoms with Crippen molar-refractivity contribution in [2.24, 2.45) is 0 Å². The molecule has 5 heterocycles. The number of ether oxygens (including phenoxy) is 2. The molecule has 7 rings (SSSR count). The standard InChI is InChI=1S/C28H27F2N5O4.C7H13N.C2H6/c1-3-19-22(29)6-5-16-11-18(37)12-20(23(16)19)25-24(30)26-21(13-32-25)27(34-28(33-26)38-2)35-8-7-31-17(14-35)15-39-10-4-9-36;1-3-7-4-2-6-8(7)5-1;1-2/h1,5-6,11-13,17,31,36-37H,4,7-10,14-15H2,2H3;7H,1-6H2;1-2H3. The summed E-state index contributed by atoms with van der Waals surface area (Å²) in [7, 11) is 1.39. The van der Waals surface area contributed by atoms with Crippen LogP contribution in [0.2, 0.25) is 0 Å². The molecule has 12 heteroatoms. The van der Waals surface area contributed by atoms with E-state index in [-0.39, 0.29) is 52.1 Å². The van der Waals surface area contributed by atoms with E-state index in [1.807, 2.05) is 18.7 Å². The number of methoxy groups -OCH3 is 1. The van der Waals surface area contributed by atoms with E-state index in [0.29, 0.717) is 55.9 Å². The van der Waals surface area contributed by atoms with Gasteiger partial charge in [-0.3, -0.25) is 4.98 Å².